The largest absolute Gasteiger partial charge is 0.507 e. The molecule has 0 heterocycles. The number of halogens is 3. The molecule has 1 aromatic carbocycles. The maximum atomic E-state index is 12.0. The first-order valence-corrected chi connectivity index (χ1v) is 8.72. The number of phenolic OH excluding ortho intramolecular Hbond substituents is 2. The summed E-state index contributed by atoms with van der Waals surface area (Å²) in [6, 6.07) is 0. The zero-order chi connectivity index (χ0) is 18.3. The molecule has 0 bridgehead atoms. The van der Waals surface area contributed by atoms with Gasteiger partial charge in [-0.05, 0) is 56.7 Å². The van der Waals surface area contributed by atoms with Gasteiger partial charge >= 0.3 is 6.18 Å². The van der Waals surface area contributed by atoms with Crippen LogP contribution < -0.4 is 0 Å². The molecule has 0 aromatic heterocycles. The molecule has 0 unspecified atom stereocenters. The molecule has 24 heavy (non-hydrogen) atoms. The first-order valence-electron chi connectivity index (χ1n) is 8.72. The van der Waals surface area contributed by atoms with Crippen molar-refractivity contribution in [1.29, 1.82) is 0 Å². The van der Waals surface area contributed by atoms with Crippen LogP contribution in [0, 0.1) is 20.8 Å². The van der Waals surface area contributed by atoms with Crippen LogP contribution in [0.1, 0.15) is 73.6 Å². The van der Waals surface area contributed by atoms with E-state index in [1.165, 1.54) is 0 Å². The van der Waals surface area contributed by atoms with E-state index in [1.54, 1.807) is 13.8 Å². The summed E-state index contributed by atoms with van der Waals surface area (Å²) in [4.78, 5) is 0. The maximum Gasteiger partial charge on any atom is 0.389 e. The van der Waals surface area contributed by atoms with Crippen LogP contribution in [0.15, 0.2) is 0 Å². The summed E-state index contributed by atoms with van der Waals surface area (Å²) in [7, 11) is 0. The van der Waals surface area contributed by atoms with Gasteiger partial charge in [-0.15, -0.1) is 0 Å². The molecule has 0 atom stereocenters. The fraction of sp³-hybridized carbons (Fsp3) is 0.684. The van der Waals surface area contributed by atoms with Crippen molar-refractivity contribution in [1.82, 2.24) is 0 Å². The molecular weight excluding hydrogens is 317 g/mol. The monoisotopic (exact) mass is 346 g/mol. The van der Waals surface area contributed by atoms with Crippen LogP contribution in [0.4, 0.5) is 13.2 Å². The molecule has 0 aliphatic heterocycles. The third-order valence-electron chi connectivity index (χ3n) is 4.75. The highest BCUT2D eigenvalue weighted by atomic mass is 19.4. The summed E-state index contributed by atoms with van der Waals surface area (Å²) in [6.07, 6.45) is 1.50. The number of phenols is 2. The van der Waals surface area contributed by atoms with E-state index >= 15 is 0 Å². The molecule has 2 N–H and O–H groups in total. The first kappa shape index (κ1) is 20.7. The van der Waals surface area contributed by atoms with Crippen LogP contribution in [0.25, 0.3) is 0 Å². The number of benzene rings is 1. The van der Waals surface area contributed by atoms with Gasteiger partial charge in [0.25, 0.3) is 0 Å². The number of rotatable bonds is 9. The molecule has 5 heteroatoms. The molecule has 0 spiro atoms. The summed E-state index contributed by atoms with van der Waals surface area (Å²) in [5.74, 6) is 0.528. The van der Waals surface area contributed by atoms with Crippen molar-refractivity contribution in [3.63, 3.8) is 0 Å². The van der Waals surface area contributed by atoms with Crippen molar-refractivity contribution >= 4 is 0 Å². The second kappa shape index (κ2) is 9.19. The quantitative estimate of drug-likeness (QED) is 0.410. The van der Waals surface area contributed by atoms with E-state index < -0.39 is 12.6 Å². The molecule has 138 valence electrons. The Morgan fingerprint density at radius 3 is 1.67 bits per heavy atom. The van der Waals surface area contributed by atoms with Gasteiger partial charge in [-0.3, -0.25) is 0 Å². The summed E-state index contributed by atoms with van der Waals surface area (Å²) in [5.41, 5.74) is 2.98. The Morgan fingerprint density at radius 1 is 0.667 bits per heavy atom. The maximum absolute atomic E-state index is 12.0. The van der Waals surface area contributed by atoms with Gasteiger partial charge in [0, 0.05) is 12.0 Å². The van der Waals surface area contributed by atoms with Crippen LogP contribution in [0.5, 0.6) is 11.5 Å². The normalized spacial score (nSPS) is 11.9. The fourth-order valence-corrected chi connectivity index (χ4v) is 3.00. The van der Waals surface area contributed by atoms with E-state index in [0.717, 1.165) is 48.8 Å². The van der Waals surface area contributed by atoms with Crippen molar-refractivity contribution in [2.75, 3.05) is 0 Å². The zero-order valence-corrected chi connectivity index (χ0v) is 14.9. The van der Waals surface area contributed by atoms with Crippen LogP contribution >= 0.6 is 0 Å². The Balaban J connectivity index is 2.27. The van der Waals surface area contributed by atoms with Crippen LogP contribution in [0.2, 0.25) is 0 Å². The molecule has 1 rings (SSSR count). The molecule has 0 saturated heterocycles. The van der Waals surface area contributed by atoms with Crippen molar-refractivity contribution in [2.45, 2.75) is 84.7 Å². The highest BCUT2D eigenvalue weighted by Crippen LogP contribution is 2.37. The molecule has 2 nitrogen and oxygen atoms in total. The Hall–Kier alpha value is -1.39. The van der Waals surface area contributed by atoms with Crippen molar-refractivity contribution < 1.29 is 23.4 Å². The van der Waals surface area contributed by atoms with E-state index in [4.69, 9.17) is 0 Å². The molecule has 0 amide bonds. The minimum atomic E-state index is -4.03. The van der Waals surface area contributed by atoms with Gasteiger partial charge in [0.2, 0.25) is 0 Å². The lowest BCUT2D eigenvalue weighted by molar-refractivity contribution is -0.135. The average molecular weight is 346 g/mol. The van der Waals surface area contributed by atoms with Gasteiger partial charge in [-0.1, -0.05) is 32.1 Å². The number of unbranched alkanes of at least 4 members (excludes halogenated alkanes) is 6. The summed E-state index contributed by atoms with van der Waals surface area (Å²) in [5, 5.41) is 20.3. The van der Waals surface area contributed by atoms with E-state index in [1.807, 2.05) is 6.92 Å². The van der Waals surface area contributed by atoms with Gasteiger partial charge in [0.1, 0.15) is 11.5 Å². The highest BCUT2D eigenvalue weighted by Gasteiger charge is 2.25. The predicted molar refractivity (Wildman–Crippen MR) is 90.7 cm³/mol. The van der Waals surface area contributed by atoms with Crippen LogP contribution in [-0.2, 0) is 6.42 Å². The molecule has 1 aromatic rings. The average Bonchev–Trinajstić information content (AvgIpc) is 2.51. The molecular formula is C19H29F3O2. The Kier molecular flexibility index (Phi) is 7.91. The third-order valence-corrected chi connectivity index (χ3v) is 4.75. The minimum Gasteiger partial charge on any atom is -0.507 e. The van der Waals surface area contributed by atoms with Gasteiger partial charge in [0.15, 0.2) is 0 Å². The van der Waals surface area contributed by atoms with E-state index in [-0.39, 0.29) is 17.9 Å². The van der Waals surface area contributed by atoms with Crippen molar-refractivity contribution in [2.24, 2.45) is 0 Å². The van der Waals surface area contributed by atoms with Crippen LogP contribution in [0.3, 0.4) is 0 Å². The molecule has 0 aliphatic rings. The lowest BCUT2D eigenvalue weighted by atomic mass is 9.94. The second-order valence-electron chi connectivity index (χ2n) is 6.64. The number of alkyl halides is 3. The molecule has 0 aliphatic carbocycles. The summed E-state index contributed by atoms with van der Waals surface area (Å²) < 4.78 is 36.0. The smallest absolute Gasteiger partial charge is 0.389 e. The Morgan fingerprint density at radius 2 is 1.12 bits per heavy atom. The molecule has 0 saturated carbocycles. The SMILES string of the molecule is Cc1c(C)c(O)c(CCCCCCCCCC(F)(F)F)c(C)c1O. The summed E-state index contributed by atoms with van der Waals surface area (Å²) in [6.45, 7) is 5.41. The van der Waals surface area contributed by atoms with Crippen molar-refractivity contribution in [3.05, 3.63) is 22.3 Å². The summed E-state index contributed by atoms with van der Waals surface area (Å²) >= 11 is 0. The Labute approximate surface area is 142 Å². The lowest BCUT2D eigenvalue weighted by Gasteiger charge is -2.15. The third kappa shape index (κ3) is 6.25. The zero-order valence-electron chi connectivity index (χ0n) is 14.9. The van der Waals surface area contributed by atoms with Gasteiger partial charge in [0.05, 0.1) is 0 Å². The first-order chi connectivity index (χ1) is 11.1. The van der Waals surface area contributed by atoms with E-state index in [2.05, 4.69) is 0 Å². The number of hydrogen-bond donors (Lipinski definition) is 2. The minimum absolute atomic E-state index is 0.221. The van der Waals surface area contributed by atoms with Gasteiger partial charge in [-0.25, -0.2) is 0 Å². The lowest BCUT2D eigenvalue weighted by Crippen LogP contribution is -2.06. The van der Waals surface area contributed by atoms with Crippen molar-refractivity contribution in [3.8, 4) is 11.5 Å². The van der Waals surface area contributed by atoms with Gasteiger partial charge < -0.3 is 10.2 Å². The van der Waals surface area contributed by atoms with Gasteiger partial charge in [-0.2, -0.15) is 13.2 Å². The second-order valence-corrected chi connectivity index (χ2v) is 6.64. The molecule has 0 radical (unpaired) electrons. The predicted octanol–water partition coefficient (Wildman–Crippen LogP) is 6.25. The highest BCUT2D eigenvalue weighted by molar-refractivity contribution is 5.56. The standard InChI is InChI=1S/C19H29F3O2/c1-13-14(2)18(24)16(15(3)17(13)23)11-9-7-5-4-6-8-10-12-19(20,21)22/h23-24H,4-12H2,1-3H3. The van der Waals surface area contributed by atoms with E-state index in [0.29, 0.717) is 18.4 Å². The number of hydrogen-bond acceptors (Lipinski definition) is 2. The Bertz CT molecular complexity index is 507. The fourth-order valence-electron chi connectivity index (χ4n) is 3.00. The molecule has 0 fully saturated rings. The number of aromatic hydroxyl groups is 2. The van der Waals surface area contributed by atoms with E-state index in [9.17, 15) is 23.4 Å². The van der Waals surface area contributed by atoms with Crippen LogP contribution in [-0.4, -0.2) is 16.4 Å². The topological polar surface area (TPSA) is 40.5 Å².